The third-order valence-corrected chi connectivity index (χ3v) is 3.96. The highest BCUT2D eigenvalue weighted by molar-refractivity contribution is 5.66. The van der Waals surface area contributed by atoms with Crippen LogP contribution in [0.1, 0.15) is 11.1 Å². The van der Waals surface area contributed by atoms with E-state index in [2.05, 4.69) is 26.3 Å². The van der Waals surface area contributed by atoms with Crippen molar-refractivity contribution < 1.29 is 4.42 Å². The van der Waals surface area contributed by atoms with Gasteiger partial charge in [-0.3, -0.25) is 0 Å². The van der Waals surface area contributed by atoms with Crippen LogP contribution in [0, 0.1) is 18.3 Å². The molecule has 130 valence electrons. The maximum absolute atomic E-state index is 9.25. The largest absolute Gasteiger partial charge is 0.434 e. The van der Waals surface area contributed by atoms with Gasteiger partial charge in [-0.15, -0.1) is 0 Å². The second kappa shape index (κ2) is 7.10. The lowest BCUT2D eigenvalue weighted by atomic mass is 10.1. The number of rotatable bonds is 4. The van der Waals surface area contributed by atoms with Crippen molar-refractivity contribution in [3.05, 3.63) is 78.1 Å². The summed E-state index contributed by atoms with van der Waals surface area (Å²) in [5.41, 5.74) is 2.92. The van der Waals surface area contributed by atoms with E-state index in [9.17, 15) is 5.26 Å². The van der Waals surface area contributed by atoms with Crippen molar-refractivity contribution in [2.24, 2.45) is 0 Å². The number of nitrogens with zero attached hydrogens (tertiary/aromatic N) is 4. The Bertz CT molecular complexity index is 1140. The van der Waals surface area contributed by atoms with Gasteiger partial charge in [-0.2, -0.15) is 5.26 Å². The number of nitriles is 1. The van der Waals surface area contributed by atoms with Crippen LogP contribution in [-0.4, -0.2) is 15.0 Å². The number of aromatic nitrogens is 3. The highest BCUT2D eigenvalue weighted by Gasteiger charge is 2.13. The molecule has 0 aliphatic heterocycles. The minimum Gasteiger partial charge on any atom is -0.434 e. The Morgan fingerprint density at radius 3 is 2.74 bits per heavy atom. The first kappa shape index (κ1) is 16.5. The van der Waals surface area contributed by atoms with Gasteiger partial charge < -0.3 is 9.73 Å². The lowest BCUT2D eigenvalue weighted by Crippen LogP contribution is -1.96. The number of pyridine rings is 2. The molecule has 0 saturated heterocycles. The van der Waals surface area contributed by atoms with Crippen LogP contribution in [0.4, 0.5) is 11.6 Å². The van der Waals surface area contributed by atoms with Crippen molar-refractivity contribution in [3.8, 4) is 29.0 Å². The number of anilines is 2. The molecule has 6 heteroatoms. The standard InChI is InChI=1S/C21H15N5O/c1-14-9-10-23-20(11-14)26-19-8-4-7-17(25-19)18-13-24-21(27-18)16-6-3-2-5-15(16)12-22/h2-11,13H,1H3,(H,23,25,26). The molecule has 0 amide bonds. The second-order valence-electron chi connectivity index (χ2n) is 5.94. The molecule has 0 fully saturated rings. The number of hydrogen-bond acceptors (Lipinski definition) is 6. The summed E-state index contributed by atoms with van der Waals surface area (Å²) in [5, 5.41) is 12.4. The first-order chi connectivity index (χ1) is 13.2. The van der Waals surface area contributed by atoms with Gasteiger partial charge in [-0.05, 0) is 48.9 Å². The number of oxazole rings is 1. The normalized spacial score (nSPS) is 10.4. The fourth-order valence-corrected chi connectivity index (χ4v) is 2.66. The van der Waals surface area contributed by atoms with Gasteiger partial charge in [-0.25, -0.2) is 15.0 Å². The zero-order valence-electron chi connectivity index (χ0n) is 14.5. The summed E-state index contributed by atoms with van der Waals surface area (Å²) in [7, 11) is 0. The molecule has 6 nitrogen and oxygen atoms in total. The maximum Gasteiger partial charge on any atom is 0.228 e. The van der Waals surface area contributed by atoms with E-state index < -0.39 is 0 Å². The monoisotopic (exact) mass is 353 g/mol. The Balaban J connectivity index is 1.63. The molecule has 0 aliphatic carbocycles. The average Bonchev–Trinajstić information content (AvgIpc) is 3.18. The Kier molecular flexibility index (Phi) is 4.33. The van der Waals surface area contributed by atoms with Crippen LogP contribution in [-0.2, 0) is 0 Å². The molecule has 0 spiro atoms. The van der Waals surface area contributed by atoms with Crippen molar-refractivity contribution in [3.63, 3.8) is 0 Å². The van der Waals surface area contributed by atoms with Crippen molar-refractivity contribution in [1.82, 2.24) is 15.0 Å². The highest BCUT2D eigenvalue weighted by Crippen LogP contribution is 2.28. The van der Waals surface area contributed by atoms with Crippen molar-refractivity contribution >= 4 is 11.6 Å². The van der Waals surface area contributed by atoms with Crippen molar-refractivity contribution in [1.29, 1.82) is 5.26 Å². The van der Waals surface area contributed by atoms with Gasteiger partial charge in [0.25, 0.3) is 0 Å². The van der Waals surface area contributed by atoms with Gasteiger partial charge in [0.15, 0.2) is 5.76 Å². The van der Waals surface area contributed by atoms with Crippen molar-refractivity contribution in [2.45, 2.75) is 6.92 Å². The Labute approximate surface area is 156 Å². The summed E-state index contributed by atoms with van der Waals surface area (Å²) < 4.78 is 5.85. The van der Waals surface area contributed by atoms with Gasteiger partial charge in [0.2, 0.25) is 5.89 Å². The second-order valence-corrected chi connectivity index (χ2v) is 5.94. The molecular formula is C21H15N5O. The molecule has 3 heterocycles. The molecule has 1 aromatic carbocycles. The van der Waals surface area contributed by atoms with Crippen molar-refractivity contribution in [2.75, 3.05) is 5.32 Å². The lowest BCUT2D eigenvalue weighted by molar-refractivity contribution is 0.586. The van der Waals surface area contributed by atoms with Crippen LogP contribution in [0.5, 0.6) is 0 Å². The first-order valence-corrected chi connectivity index (χ1v) is 8.35. The Morgan fingerprint density at radius 2 is 1.89 bits per heavy atom. The first-order valence-electron chi connectivity index (χ1n) is 8.35. The highest BCUT2D eigenvalue weighted by atomic mass is 16.4. The van der Waals surface area contributed by atoms with E-state index in [-0.39, 0.29) is 0 Å². The third kappa shape index (κ3) is 3.53. The molecule has 4 rings (SSSR count). The van der Waals surface area contributed by atoms with Crippen LogP contribution in [0.15, 0.2) is 71.4 Å². The van der Waals surface area contributed by atoms with Crippen LogP contribution >= 0.6 is 0 Å². The molecule has 4 aromatic rings. The minimum atomic E-state index is 0.391. The maximum atomic E-state index is 9.25. The summed E-state index contributed by atoms with van der Waals surface area (Å²) in [5.74, 6) is 2.29. The van der Waals surface area contributed by atoms with Gasteiger partial charge in [-0.1, -0.05) is 18.2 Å². The quantitative estimate of drug-likeness (QED) is 0.571. The molecule has 1 N–H and O–H groups in total. The van der Waals surface area contributed by atoms with Crippen LogP contribution in [0.25, 0.3) is 22.9 Å². The number of benzene rings is 1. The van der Waals surface area contributed by atoms with E-state index in [0.29, 0.717) is 34.3 Å². The fourth-order valence-electron chi connectivity index (χ4n) is 2.66. The molecule has 3 aromatic heterocycles. The number of hydrogen-bond donors (Lipinski definition) is 1. The smallest absolute Gasteiger partial charge is 0.228 e. The van der Waals surface area contributed by atoms with Crippen LogP contribution in [0.2, 0.25) is 0 Å². The van der Waals surface area contributed by atoms with E-state index in [0.717, 1.165) is 11.4 Å². The van der Waals surface area contributed by atoms with E-state index >= 15 is 0 Å². The van der Waals surface area contributed by atoms with Crippen LogP contribution < -0.4 is 5.32 Å². The number of aryl methyl sites for hydroxylation is 1. The minimum absolute atomic E-state index is 0.391. The third-order valence-electron chi connectivity index (χ3n) is 3.96. The number of nitrogens with one attached hydrogen (secondary N) is 1. The predicted octanol–water partition coefficient (Wildman–Crippen LogP) is 4.72. The molecular weight excluding hydrogens is 338 g/mol. The fraction of sp³-hybridized carbons (Fsp3) is 0.0476. The zero-order chi connectivity index (χ0) is 18.6. The molecule has 0 atom stereocenters. The van der Waals surface area contributed by atoms with E-state index in [1.165, 1.54) is 0 Å². The Hall–Kier alpha value is -3.98. The van der Waals surface area contributed by atoms with Gasteiger partial charge in [0.1, 0.15) is 17.3 Å². The van der Waals surface area contributed by atoms with E-state index in [1.54, 1.807) is 18.5 Å². The molecule has 27 heavy (non-hydrogen) atoms. The summed E-state index contributed by atoms with van der Waals surface area (Å²) in [4.78, 5) is 13.2. The molecule has 0 bridgehead atoms. The summed E-state index contributed by atoms with van der Waals surface area (Å²) in [6, 6.07) is 18.8. The molecule has 0 radical (unpaired) electrons. The molecule has 0 saturated carbocycles. The van der Waals surface area contributed by atoms with E-state index in [1.807, 2.05) is 55.5 Å². The summed E-state index contributed by atoms with van der Waals surface area (Å²) in [6.45, 7) is 2.01. The molecule has 0 aliphatic rings. The zero-order valence-corrected chi connectivity index (χ0v) is 14.5. The average molecular weight is 353 g/mol. The van der Waals surface area contributed by atoms with Crippen LogP contribution in [0.3, 0.4) is 0 Å². The van der Waals surface area contributed by atoms with Gasteiger partial charge in [0.05, 0.1) is 23.4 Å². The van der Waals surface area contributed by atoms with Gasteiger partial charge in [0, 0.05) is 6.20 Å². The van der Waals surface area contributed by atoms with E-state index in [4.69, 9.17) is 4.42 Å². The summed E-state index contributed by atoms with van der Waals surface area (Å²) >= 11 is 0. The SMILES string of the molecule is Cc1ccnc(Nc2cccc(-c3cnc(-c4ccccc4C#N)o3)n2)c1. The lowest BCUT2D eigenvalue weighted by Gasteiger charge is -2.06. The summed E-state index contributed by atoms with van der Waals surface area (Å²) in [6.07, 6.45) is 3.36. The van der Waals surface area contributed by atoms with Gasteiger partial charge >= 0.3 is 0 Å². The topological polar surface area (TPSA) is 87.6 Å². The predicted molar refractivity (Wildman–Crippen MR) is 102 cm³/mol. The Morgan fingerprint density at radius 1 is 1.00 bits per heavy atom. The molecule has 0 unspecified atom stereocenters.